The molecule has 0 amide bonds. The monoisotopic (exact) mass is 360 g/mol. The number of esters is 1. The molecule has 5 N–H and O–H groups in total. The molecule has 0 aromatic carbocycles. The molecule has 0 aromatic rings. The van der Waals surface area contributed by atoms with E-state index >= 15 is 0 Å². The first-order valence-corrected chi connectivity index (χ1v) is 8.40. The average Bonchev–Trinajstić information content (AvgIpc) is 2.98. The fourth-order valence-electron chi connectivity index (χ4n) is 3.77. The number of ether oxygens (including phenoxy) is 3. The zero-order valence-corrected chi connectivity index (χ0v) is 13.7. The number of rotatable bonds is 5. The van der Waals surface area contributed by atoms with Gasteiger partial charge in [0.1, 0.15) is 24.4 Å². The van der Waals surface area contributed by atoms with Gasteiger partial charge in [0.2, 0.25) is 0 Å². The Hall–Kier alpha value is -1.07. The Morgan fingerprint density at radius 2 is 1.84 bits per heavy atom. The van der Waals surface area contributed by atoms with E-state index in [1.807, 2.05) is 0 Å². The molecule has 0 unspecified atom stereocenters. The maximum Gasteiger partial charge on any atom is 0.333 e. The van der Waals surface area contributed by atoms with Crippen LogP contribution in [0, 0.1) is 11.8 Å². The lowest BCUT2D eigenvalue weighted by molar-refractivity contribution is -0.303. The van der Waals surface area contributed by atoms with Crippen molar-refractivity contribution in [2.75, 3.05) is 26.4 Å². The molecule has 3 rings (SSSR count). The summed E-state index contributed by atoms with van der Waals surface area (Å²) in [5.74, 6) is -0.782. The van der Waals surface area contributed by atoms with Crippen LogP contribution in [0.25, 0.3) is 0 Å². The first-order chi connectivity index (χ1) is 12.0. The molecule has 9 nitrogen and oxygen atoms in total. The normalized spacial score (nSPS) is 41.6. The lowest BCUT2D eigenvalue weighted by atomic mass is 9.90. The maximum absolute atomic E-state index is 11.8. The third kappa shape index (κ3) is 3.45. The van der Waals surface area contributed by atoms with Crippen LogP contribution in [0.2, 0.25) is 0 Å². The fourth-order valence-corrected chi connectivity index (χ4v) is 3.77. The van der Waals surface area contributed by atoms with Crippen LogP contribution < -0.4 is 0 Å². The van der Waals surface area contributed by atoms with Gasteiger partial charge in [-0.15, -0.1) is 0 Å². The highest BCUT2D eigenvalue weighted by atomic mass is 16.7. The van der Waals surface area contributed by atoms with Crippen LogP contribution in [0.15, 0.2) is 11.1 Å². The molecule has 0 spiro atoms. The third-order valence-corrected chi connectivity index (χ3v) is 5.24. The molecule has 3 aliphatic rings. The van der Waals surface area contributed by atoms with Crippen molar-refractivity contribution in [1.29, 1.82) is 0 Å². The number of carbonyl (C=O) groups excluding carboxylic acids is 1. The van der Waals surface area contributed by atoms with Crippen LogP contribution in [0.4, 0.5) is 0 Å². The summed E-state index contributed by atoms with van der Waals surface area (Å²) in [6.45, 7) is -0.302. The predicted octanol–water partition coefficient (Wildman–Crippen LogP) is -2.33. The Morgan fingerprint density at radius 3 is 2.52 bits per heavy atom. The van der Waals surface area contributed by atoms with Crippen molar-refractivity contribution in [2.45, 2.75) is 43.5 Å². The minimum atomic E-state index is -1.51. The molecule has 2 aliphatic heterocycles. The highest BCUT2D eigenvalue weighted by Gasteiger charge is 2.45. The van der Waals surface area contributed by atoms with Gasteiger partial charge in [0.15, 0.2) is 6.29 Å². The second kappa shape index (κ2) is 7.67. The van der Waals surface area contributed by atoms with E-state index in [0.29, 0.717) is 18.4 Å². The minimum Gasteiger partial charge on any atom is -0.462 e. The lowest BCUT2D eigenvalue weighted by Gasteiger charge is -2.40. The predicted molar refractivity (Wildman–Crippen MR) is 81.0 cm³/mol. The number of cyclic esters (lactones) is 1. The van der Waals surface area contributed by atoms with Gasteiger partial charge in [0.25, 0.3) is 0 Å². The van der Waals surface area contributed by atoms with Gasteiger partial charge in [-0.25, -0.2) is 4.79 Å². The Labute approximate surface area is 144 Å². The van der Waals surface area contributed by atoms with Crippen LogP contribution in [0.5, 0.6) is 0 Å². The maximum atomic E-state index is 11.8. The van der Waals surface area contributed by atoms with E-state index in [1.165, 1.54) is 0 Å². The molecule has 0 bridgehead atoms. The second-order valence-corrected chi connectivity index (χ2v) is 6.67. The molecule has 1 aliphatic carbocycles. The highest BCUT2D eigenvalue weighted by Crippen LogP contribution is 2.41. The SMILES string of the molecule is O=C1OCCC2=C1C[C@@H](CO)[C@H]2CO[C@@H]1O[C@H](CO)[C@@H](O)[C@H](O)[C@H]1O. The summed E-state index contributed by atoms with van der Waals surface area (Å²) in [5.41, 5.74) is 1.47. The van der Waals surface area contributed by atoms with Gasteiger partial charge >= 0.3 is 5.97 Å². The van der Waals surface area contributed by atoms with E-state index in [-0.39, 0.29) is 37.6 Å². The van der Waals surface area contributed by atoms with Gasteiger partial charge in [-0.05, 0) is 12.3 Å². The van der Waals surface area contributed by atoms with E-state index in [9.17, 15) is 30.3 Å². The molecule has 9 heteroatoms. The number of aliphatic hydroxyl groups excluding tert-OH is 5. The van der Waals surface area contributed by atoms with Crippen molar-refractivity contribution in [3.8, 4) is 0 Å². The Balaban J connectivity index is 1.68. The van der Waals surface area contributed by atoms with E-state index in [4.69, 9.17) is 14.2 Å². The molecule has 142 valence electrons. The molecule has 1 saturated heterocycles. The van der Waals surface area contributed by atoms with E-state index < -0.39 is 37.3 Å². The van der Waals surface area contributed by atoms with Gasteiger partial charge < -0.3 is 39.7 Å². The van der Waals surface area contributed by atoms with Crippen LogP contribution in [0.1, 0.15) is 12.8 Å². The Morgan fingerprint density at radius 1 is 1.08 bits per heavy atom. The number of hydrogen-bond donors (Lipinski definition) is 5. The molecule has 25 heavy (non-hydrogen) atoms. The summed E-state index contributed by atoms with van der Waals surface area (Å²) in [6, 6.07) is 0. The van der Waals surface area contributed by atoms with Crippen molar-refractivity contribution in [3.05, 3.63) is 11.1 Å². The molecule has 7 atom stereocenters. The third-order valence-electron chi connectivity index (χ3n) is 5.24. The molecular weight excluding hydrogens is 336 g/mol. The topological polar surface area (TPSA) is 146 Å². The van der Waals surface area contributed by atoms with Crippen LogP contribution >= 0.6 is 0 Å². The van der Waals surface area contributed by atoms with E-state index in [1.54, 1.807) is 0 Å². The van der Waals surface area contributed by atoms with Crippen molar-refractivity contribution < 1.29 is 44.5 Å². The first-order valence-electron chi connectivity index (χ1n) is 8.40. The van der Waals surface area contributed by atoms with E-state index in [2.05, 4.69) is 0 Å². The Bertz CT molecular complexity index is 532. The van der Waals surface area contributed by atoms with Gasteiger partial charge in [-0.1, -0.05) is 5.57 Å². The highest BCUT2D eigenvalue weighted by molar-refractivity contribution is 5.91. The second-order valence-electron chi connectivity index (χ2n) is 6.67. The van der Waals surface area contributed by atoms with Gasteiger partial charge in [0.05, 0.1) is 19.8 Å². The van der Waals surface area contributed by atoms with Crippen LogP contribution in [0.3, 0.4) is 0 Å². The van der Waals surface area contributed by atoms with Crippen molar-refractivity contribution in [3.63, 3.8) is 0 Å². The fraction of sp³-hybridized carbons (Fsp3) is 0.812. The molecule has 0 saturated carbocycles. The summed E-state index contributed by atoms with van der Waals surface area (Å²) < 4.78 is 15.9. The van der Waals surface area contributed by atoms with Gasteiger partial charge in [0, 0.05) is 24.5 Å². The molecule has 2 heterocycles. The first kappa shape index (κ1) is 18.7. The standard InChI is InChI=1S/C16H24O9/c17-4-7-3-9-8(1-2-23-15(9)22)10(7)6-24-16-14(21)13(20)12(19)11(5-18)25-16/h7,10-14,16-21H,1-6H2/t7-,10+,11+,12+,13-,14+,16+/m0/s1. The summed E-state index contributed by atoms with van der Waals surface area (Å²) in [6.07, 6.45) is -5.72. The number of carbonyl (C=O) groups is 1. The van der Waals surface area contributed by atoms with Gasteiger partial charge in [-0.2, -0.15) is 0 Å². The largest absolute Gasteiger partial charge is 0.462 e. The van der Waals surface area contributed by atoms with Crippen molar-refractivity contribution in [2.24, 2.45) is 11.8 Å². The molecule has 0 radical (unpaired) electrons. The summed E-state index contributed by atoms with van der Waals surface area (Å²) in [4.78, 5) is 11.8. The van der Waals surface area contributed by atoms with Crippen molar-refractivity contribution in [1.82, 2.24) is 0 Å². The summed E-state index contributed by atoms with van der Waals surface area (Å²) in [5, 5.41) is 48.4. The average molecular weight is 360 g/mol. The van der Waals surface area contributed by atoms with Crippen molar-refractivity contribution >= 4 is 5.97 Å². The van der Waals surface area contributed by atoms with Gasteiger partial charge in [-0.3, -0.25) is 0 Å². The molecule has 0 aromatic heterocycles. The van der Waals surface area contributed by atoms with Crippen LogP contribution in [-0.2, 0) is 19.0 Å². The quantitative estimate of drug-likeness (QED) is 0.341. The number of aliphatic hydroxyl groups is 5. The zero-order valence-electron chi connectivity index (χ0n) is 13.7. The number of hydrogen-bond acceptors (Lipinski definition) is 9. The van der Waals surface area contributed by atoms with E-state index in [0.717, 1.165) is 5.57 Å². The zero-order chi connectivity index (χ0) is 18.1. The molecule has 1 fully saturated rings. The Kier molecular flexibility index (Phi) is 5.74. The molecular formula is C16H24O9. The minimum absolute atomic E-state index is 0.0695. The van der Waals surface area contributed by atoms with Crippen LogP contribution in [-0.4, -0.2) is 88.6 Å². The smallest absolute Gasteiger partial charge is 0.333 e. The lowest BCUT2D eigenvalue weighted by Crippen LogP contribution is -2.59. The summed E-state index contributed by atoms with van der Waals surface area (Å²) >= 11 is 0. The summed E-state index contributed by atoms with van der Waals surface area (Å²) in [7, 11) is 0.